The molecule has 16 nitrogen and oxygen atoms in total. The molecule has 4 bridgehead atoms. The fraction of sp³-hybridized carbons (Fsp3) is 0.778. The minimum atomic E-state index is -2.37. The molecule has 7 fully saturated rings. The maximum atomic E-state index is 14.0. The Balaban J connectivity index is 1.30. The molecule has 4 saturated carbocycles. The van der Waals surface area contributed by atoms with Crippen LogP contribution < -0.4 is 9.47 Å². The lowest BCUT2D eigenvalue weighted by molar-refractivity contribution is -0.301. The molecule has 3 heterocycles. The first-order valence-electron chi connectivity index (χ1n) is 21.9. The summed E-state index contributed by atoms with van der Waals surface area (Å²) in [6, 6.07) is 4.18. The molecule has 4 aliphatic carbocycles. The van der Waals surface area contributed by atoms with Crippen molar-refractivity contribution in [2.24, 2.45) is 46.8 Å². The lowest BCUT2D eigenvalue weighted by Crippen LogP contribution is -2.78. The van der Waals surface area contributed by atoms with E-state index in [0.717, 1.165) is 6.42 Å². The average molecular weight is 858 g/mol. The molecule has 18 atom stereocenters. The van der Waals surface area contributed by atoms with Crippen molar-refractivity contribution in [1.82, 2.24) is 4.90 Å². The molecule has 7 aliphatic rings. The summed E-state index contributed by atoms with van der Waals surface area (Å²) in [7, 11) is 2.89. The zero-order valence-corrected chi connectivity index (χ0v) is 36.6. The summed E-state index contributed by atoms with van der Waals surface area (Å²) in [5.74, 6) is -9.96. The predicted molar refractivity (Wildman–Crippen MR) is 213 cm³/mol. The minimum absolute atomic E-state index is 0.0137. The molecule has 1 spiro atoms. The molecular formula is C45H63NO15. The van der Waals surface area contributed by atoms with Crippen molar-refractivity contribution in [3.8, 4) is 11.5 Å². The van der Waals surface area contributed by atoms with E-state index in [1.54, 1.807) is 19.9 Å². The SMILES string of the molecule is CC[C@@H](C)C(=O)O[C@H]1[C@H](O)[C@H]2[C@@H](CN3C[C@@H](C)CC[C@H]3[C@@]2(C)O)[C@@H]2C[C@]34O[C@]5(O)[C@@H](OC(=O)c6ccc(OC)c(OC)c6)CC[C@@]3(C)[C@@H]5[C@@H](OC(C)=O)[C@@H](OC(C)=O)[C@H]4[C@@]21O. The zero-order valence-electron chi connectivity index (χ0n) is 36.6. The van der Waals surface area contributed by atoms with Gasteiger partial charge in [-0.25, -0.2) is 4.79 Å². The van der Waals surface area contributed by atoms with Crippen LogP contribution in [-0.2, 0) is 38.1 Å². The van der Waals surface area contributed by atoms with Crippen molar-refractivity contribution in [2.75, 3.05) is 27.3 Å². The van der Waals surface area contributed by atoms with Crippen LogP contribution in [0.1, 0.15) is 97.3 Å². The van der Waals surface area contributed by atoms with E-state index in [-0.39, 0.29) is 36.6 Å². The van der Waals surface area contributed by atoms with Gasteiger partial charge in [-0.05, 0) is 81.4 Å². The van der Waals surface area contributed by atoms with Crippen molar-refractivity contribution in [1.29, 1.82) is 0 Å². The highest BCUT2D eigenvalue weighted by molar-refractivity contribution is 5.90. The Morgan fingerprint density at radius 1 is 0.902 bits per heavy atom. The Labute approximate surface area is 356 Å². The van der Waals surface area contributed by atoms with Gasteiger partial charge in [-0.3, -0.25) is 19.3 Å². The maximum absolute atomic E-state index is 14.0. The molecule has 61 heavy (non-hydrogen) atoms. The van der Waals surface area contributed by atoms with Crippen molar-refractivity contribution >= 4 is 23.9 Å². The van der Waals surface area contributed by atoms with E-state index >= 15 is 0 Å². The van der Waals surface area contributed by atoms with Gasteiger partial charge in [-0.15, -0.1) is 0 Å². The number of nitrogens with zero attached hydrogens (tertiary/aromatic N) is 1. The summed E-state index contributed by atoms with van der Waals surface area (Å²) < 4.78 is 42.5. The number of aliphatic hydroxyl groups is 4. The second-order valence-corrected chi connectivity index (χ2v) is 19.7. The predicted octanol–water partition coefficient (Wildman–Crippen LogP) is 2.78. The summed E-state index contributed by atoms with van der Waals surface area (Å²) in [4.78, 5) is 56.5. The van der Waals surface area contributed by atoms with Gasteiger partial charge in [0.1, 0.15) is 17.8 Å². The highest BCUT2D eigenvalue weighted by Gasteiger charge is 2.90. The van der Waals surface area contributed by atoms with Crippen LogP contribution in [0.5, 0.6) is 11.5 Å². The van der Waals surface area contributed by atoms with Gasteiger partial charge in [0, 0.05) is 44.3 Å². The molecule has 0 unspecified atom stereocenters. The summed E-state index contributed by atoms with van der Waals surface area (Å²) in [6.07, 6.45) is -5.28. The standard InChI is InChI=1S/C45H63NO15/c1-10-22(3)39(50)60-38-33(49)32-26(20-46-19-21(2)11-14-30(46)42(32,7)52)27-18-43-37(44(27,38)53)35(58-24(5)48)34(57-23(4)47)36-41(43,6)16-15-31(45(36,54)61-43)59-40(51)25-12-13-28(55-8)29(17-25)56-9/h12-13,17,21-22,26-27,30-38,49,52-54H,10-11,14-16,18-20H2,1-9H3/t21-,22+,26-,27-,30-,31-,32+,33+,34-,35+,36-,37+,38-,41-,42+,43+,44-,45+/m0/s1. The van der Waals surface area contributed by atoms with Gasteiger partial charge in [0.25, 0.3) is 0 Å². The lowest BCUT2D eigenvalue weighted by atomic mass is 9.48. The van der Waals surface area contributed by atoms with Gasteiger partial charge >= 0.3 is 23.9 Å². The van der Waals surface area contributed by atoms with E-state index in [4.69, 9.17) is 33.2 Å². The van der Waals surface area contributed by atoms with Crippen LogP contribution in [0.2, 0.25) is 0 Å². The highest BCUT2D eigenvalue weighted by Crippen LogP contribution is 2.78. The molecule has 0 radical (unpaired) electrons. The Bertz CT molecular complexity index is 1940. The smallest absolute Gasteiger partial charge is 0.338 e. The van der Waals surface area contributed by atoms with E-state index in [0.29, 0.717) is 37.6 Å². The van der Waals surface area contributed by atoms with Crippen LogP contribution in [0.15, 0.2) is 18.2 Å². The number of esters is 4. The van der Waals surface area contributed by atoms with E-state index in [9.17, 15) is 39.6 Å². The molecule has 1 aromatic rings. The number of piperidine rings is 2. The molecule has 3 aliphatic heterocycles. The number of hydrogen-bond donors (Lipinski definition) is 4. The third kappa shape index (κ3) is 6.19. The molecule has 8 rings (SSSR count). The molecule has 16 heteroatoms. The highest BCUT2D eigenvalue weighted by atomic mass is 16.7. The van der Waals surface area contributed by atoms with Crippen molar-refractivity contribution in [3.63, 3.8) is 0 Å². The second-order valence-electron chi connectivity index (χ2n) is 19.7. The van der Waals surface area contributed by atoms with E-state index in [1.165, 1.54) is 40.2 Å². The maximum Gasteiger partial charge on any atom is 0.338 e. The zero-order chi connectivity index (χ0) is 44.4. The van der Waals surface area contributed by atoms with Gasteiger partial charge in [0.2, 0.25) is 5.79 Å². The summed E-state index contributed by atoms with van der Waals surface area (Å²) >= 11 is 0. The van der Waals surface area contributed by atoms with Crippen LogP contribution in [-0.4, -0.2) is 136 Å². The number of carbonyl (C=O) groups excluding carboxylic acids is 4. The Kier molecular flexibility index (Phi) is 10.9. The van der Waals surface area contributed by atoms with Crippen LogP contribution >= 0.6 is 0 Å². The molecule has 0 aromatic heterocycles. The number of carbonyl (C=O) groups is 4. The molecule has 3 saturated heterocycles. The summed E-state index contributed by atoms with van der Waals surface area (Å²) in [6.45, 7) is 12.7. The Morgan fingerprint density at radius 3 is 2.18 bits per heavy atom. The Hall–Kier alpha value is -3.54. The van der Waals surface area contributed by atoms with Crippen LogP contribution in [0.25, 0.3) is 0 Å². The summed E-state index contributed by atoms with van der Waals surface area (Å²) in [5, 5.41) is 52.6. The van der Waals surface area contributed by atoms with Crippen LogP contribution in [0.4, 0.5) is 0 Å². The minimum Gasteiger partial charge on any atom is -0.493 e. The number of hydrogen-bond acceptors (Lipinski definition) is 16. The quantitative estimate of drug-likeness (QED) is 0.207. The molecule has 0 amide bonds. The first-order valence-corrected chi connectivity index (χ1v) is 21.9. The van der Waals surface area contributed by atoms with E-state index in [1.807, 2.05) is 13.8 Å². The van der Waals surface area contributed by atoms with Crippen molar-refractivity contribution < 1.29 is 72.8 Å². The fourth-order valence-electron chi connectivity index (χ4n) is 13.9. The van der Waals surface area contributed by atoms with E-state index < -0.39 is 118 Å². The number of fused-ring (bicyclic) bond motifs is 5. The van der Waals surface area contributed by atoms with Crippen LogP contribution in [0.3, 0.4) is 0 Å². The largest absolute Gasteiger partial charge is 0.493 e. The van der Waals surface area contributed by atoms with Crippen molar-refractivity contribution in [3.05, 3.63) is 23.8 Å². The fourth-order valence-corrected chi connectivity index (χ4v) is 13.9. The third-order valence-corrected chi connectivity index (χ3v) is 16.5. The third-order valence-electron chi connectivity index (χ3n) is 16.5. The molecular weight excluding hydrogens is 794 g/mol. The van der Waals surface area contributed by atoms with Gasteiger partial charge in [-0.1, -0.05) is 27.7 Å². The number of benzene rings is 1. The normalized spacial score (nSPS) is 46.1. The average Bonchev–Trinajstić information content (AvgIpc) is 3.50. The number of rotatable bonds is 9. The van der Waals surface area contributed by atoms with Gasteiger partial charge < -0.3 is 53.6 Å². The first kappa shape index (κ1) is 44.1. The van der Waals surface area contributed by atoms with Crippen LogP contribution in [0, 0.1) is 46.8 Å². The van der Waals surface area contributed by atoms with Gasteiger partial charge in [0.15, 0.2) is 23.7 Å². The number of ether oxygens (including phenoxy) is 7. The van der Waals surface area contributed by atoms with Gasteiger partial charge in [0.05, 0.1) is 54.8 Å². The molecule has 4 N–H and O–H groups in total. The molecule has 338 valence electrons. The first-order chi connectivity index (χ1) is 28.6. The van der Waals surface area contributed by atoms with Gasteiger partial charge in [-0.2, -0.15) is 0 Å². The lowest BCUT2D eigenvalue weighted by Gasteiger charge is -2.64. The topological polar surface area (TPSA) is 217 Å². The van der Waals surface area contributed by atoms with Crippen molar-refractivity contribution in [2.45, 2.75) is 146 Å². The molecule has 1 aromatic carbocycles. The number of aliphatic hydroxyl groups excluding tert-OH is 1. The number of methoxy groups -OCH3 is 2. The summed E-state index contributed by atoms with van der Waals surface area (Å²) in [5.41, 5.74) is -6.40. The second kappa shape index (κ2) is 15.0. The monoisotopic (exact) mass is 857 g/mol. The Morgan fingerprint density at radius 2 is 1.56 bits per heavy atom. The van der Waals surface area contributed by atoms with E-state index in [2.05, 4.69) is 11.8 Å².